The molecule has 4 nitrogen and oxygen atoms in total. The molecule has 1 aliphatic heterocycles. The van der Waals surface area contributed by atoms with Gasteiger partial charge in [0.15, 0.2) is 0 Å². The SMILES string of the molecule is COc1ccc(C=O)cc1CN1CCC[C@H](c2cccnc2)C1. The summed E-state index contributed by atoms with van der Waals surface area (Å²) in [5.74, 6) is 1.37. The lowest BCUT2D eigenvalue weighted by atomic mass is 9.91. The molecule has 0 N–H and O–H groups in total. The molecule has 4 heteroatoms. The number of hydrogen-bond donors (Lipinski definition) is 0. The van der Waals surface area contributed by atoms with Crippen molar-refractivity contribution in [2.75, 3.05) is 20.2 Å². The minimum Gasteiger partial charge on any atom is -0.496 e. The van der Waals surface area contributed by atoms with Gasteiger partial charge in [-0.3, -0.25) is 14.7 Å². The largest absolute Gasteiger partial charge is 0.496 e. The fourth-order valence-corrected chi connectivity index (χ4v) is 3.32. The van der Waals surface area contributed by atoms with E-state index >= 15 is 0 Å². The van der Waals surface area contributed by atoms with Gasteiger partial charge in [-0.05, 0) is 55.1 Å². The third-order valence-electron chi connectivity index (χ3n) is 4.50. The van der Waals surface area contributed by atoms with Crippen LogP contribution in [0.5, 0.6) is 5.75 Å². The van der Waals surface area contributed by atoms with E-state index in [9.17, 15) is 4.79 Å². The van der Waals surface area contributed by atoms with E-state index in [4.69, 9.17) is 4.74 Å². The van der Waals surface area contributed by atoms with Gasteiger partial charge in [0, 0.05) is 36.6 Å². The molecule has 0 saturated carbocycles. The van der Waals surface area contributed by atoms with Crippen molar-refractivity contribution in [1.82, 2.24) is 9.88 Å². The number of aromatic nitrogens is 1. The predicted molar refractivity (Wildman–Crippen MR) is 89.9 cm³/mol. The highest BCUT2D eigenvalue weighted by Gasteiger charge is 2.22. The molecule has 120 valence electrons. The third kappa shape index (κ3) is 3.77. The van der Waals surface area contributed by atoms with Crippen LogP contribution in [-0.4, -0.2) is 36.4 Å². The molecule has 3 rings (SSSR count). The van der Waals surface area contributed by atoms with Crippen molar-refractivity contribution in [3.8, 4) is 5.75 Å². The molecule has 2 aromatic rings. The Labute approximate surface area is 137 Å². The molecule has 1 fully saturated rings. The highest BCUT2D eigenvalue weighted by Crippen LogP contribution is 2.29. The molecule has 0 amide bonds. The van der Waals surface area contributed by atoms with Gasteiger partial charge in [-0.1, -0.05) is 6.07 Å². The zero-order valence-electron chi connectivity index (χ0n) is 13.4. The predicted octanol–water partition coefficient (Wildman–Crippen LogP) is 3.28. The highest BCUT2D eigenvalue weighted by atomic mass is 16.5. The van der Waals surface area contributed by atoms with E-state index in [-0.39, 0.29) is 0 Å². The molecule has 0 bridgehead atoms. The van der Waals surface area contributed by atoms with Crippen molar-refractivity contribution in [3.63, 3.8) is 0 Å². The molecule has 0 spiro atoms. The Balaban J connectivity index is 1.74. The Hall–Kier alpha value is -2.20. The molecule has 2 heterocycles. The Bertz CT molecular complexity index is 658. The number of nitrogens with zero attached hydrogens (tertiary/aromatic N) is 2. The number of aldehydes is 1. The standard InChI is InChI=1S/C19H22N2O2/c1-23-19-7-6-15(14-22)10-18(19)13-21-9-3-5-17(12-21)16-4-2-8-20-11-16/h2,4,6-8,10-11,14,17H,3,5,9,12-13H2,1H3/t17-/m0/s1. The van der Waals surface area contributed by atoms with Gasteiger partial charge in [-0.15, -0.1) is 0 Å². The van der Waals surface area contributed by atoms with Crippen molar-refractivity contribution in [2.24, 2.45) is 0 Å². The van der Waals surface area contributed by atoms with Gasteiger partial charge in [-0.2, -0.15) is 0 Å². The second-order valence-corrected chi connectivity index (χ2v) is 6.05. The summed E-state index contributed by atoms with van der Waals surface area (Å²) in [4.78, 5) is 17.7. The average molecular weight is 310 g/mol. The molecule has 0 aliphatic carbocycles. The van der Waals surface area contributed by atoms with Crippen LogP contribution in [0.4, 0.5) is 0 Å². The second kappa shape index (κ2) is 7.38. The molecule has 1 saturated heterocycles. The van der Waals surface area contributed by atoms with Crippen molar-refractivity contribution in [1.29, 1.82) is 0 Å². The van der Waals surface area contributed by atoms with Crippen LogP contribution in [0.2, 0.25) is 0 Å². The first kappa shape index (κ1) is 15.7. The van der Waals surface area contributed by atoms with E-state index in [0.29, 0.717) is 11.5 Å². The summed E-state index contributed by atoms with van der Waals surface area (Å²) in [6.07, 6.45) is 7.06. The van der Waals surface area contributed by atoms with Crippen LogP contribution in [0.3, 0.4) is 0 Å². The van der Waals surface area contributed by atoms with Crippen LogP contribution in [0.15, 0.2) is 42.7 Å². The first-order valence-corrected chi connectivity index (χ1v) is 8.04. The zero-order chi connectivity index (χ0) is 16.1. The van der Waals surface area contributed by atoms with Crippen molar-refractivity contribution in [2.45, 2.75) is 25.3 Å². The van der Waals surface area contributed by atoms with Crippen LogP contribution in [-0.2, 0) is 6.54 Å². The third-order valence-corrected chi connectivity index (χ3v) is 4.50. The summed E-state index contributed by atoms with van der Waals surface area (Å²) < 4.78 is 5.45. The summed E-state index contributed by atoms with van der Waals surface area (Å²) >= 11 is 0. The molecule has 1 aliphatic rings. The van der Waals surface area contributed by atoms with E-state index < -0.39 is 0 Å². The number of hydrogen-bond acceptors (Lipinski definition) is 4. The number of methoxy groups -OCH3 is 1. The number of pyridine rings is 1. The van der Waals surface area contributed by atoms with E-state index in [0.717, 1.165) is 37.2 Å². The quantitative estimate of drug-likeness (QED) is 0.795. The van der Waals surface area contributed by atoms with Gasteiger partial charge in [0.1, 0.15) is 12.0 Å². The van der Waals surface area contributed by atoms with Gasteiger partial charge in [0.2, 0.25) is 0 Å². The van der Waals surface area contributed by atoms with Gasteiger partial charge in [0.05, 0.1) is 7.11 Å². The molecular formula is C19H22N2O2. The van der Waals surface area contributed by atoms with E-state index in [2.05, 4.69) is 16.0 Å². The first-order valence-electron chi connectivity index (χ1n) is 8.04. The number of likely N-dealkylation sites (tertiary alicyclic amines) is 1. The normalized spacial score (nSPS) is 18.6. The number of rotatable bonds is 5. The van der Waals surface area contributed by atoms with E-state index in [1.54, 1.807) is 13.2 Å². The minimum atomic E-state index is 0.526. The molecule has 1 aromatic carbocycles. The van der Waals surface area contributed by atoms with Gasteiger partial charge >= 0.3 is 0 Å². The molecule has 1 aromatic heterocycles. The van der Waals surface area contributed by atoms with Gasteiger partial charge < -0.3 is 4.74 Å². The highest BCUT2D eigenvalue weighted by molar-refractivity contribution is 5.75. The van der Waals surface area contributed by atoms with Crippen LogP contribution >= 0.6 is 0 Å². The Morgan fingerprint density at radius 3 is 3.04 bits per heavy atom. The van der Waals surface area contributed by atoms with Crippen LogP contribution < -0.4 is 4.74 Å². The van der Waals surface area contributed by atoms with Gasteiger partial charge in [0.25, 0.3) is 0 Å². The topological polar surface area (TPSA) is 42.4 Å². The fourth-order valence-electron chi connectivity index (χ4n) is 3.32. The van der Waals surface area contributed by atoms with Crippen molar-refractivity contribution < 1.29 is 9.53 Å². The van der Waals surface area contributed by atoms with Gasteiger partial charge in [-0.25, -0.2) is 0 Å². The Morgan fingerprint density at radius 1 is 1.39 bits per heavy atom. The maximum Gasteiger partial charge on any atom is 0.150 e. The number of carbonyl (C=O) groups is 1. The minimum absolute atomic E-state index is 0.526. The lowest BCUT2D eigenvalue weighted by Crippen LogP contribution is -2.34. The number of benzene rings is 1. The zero-order valence-corrected chi connectivity index (χ0v) is 13.4. The lowest BCUT2D eigenvalue weighted by molar-refractivity contribution is 0.112. The average Bonchev–Trinajstić information content (AvgIpc) is 2.62. The summed E-state index contributed by atoms with van der Waals surface area (Å²) in [5.41, 5.74) is 3.08. The van der Waals surface area contributed by atoms with Crippen LogP contribution in [0.1, 0.15) is 40.2 Å². The summed E-state index contributed by atoms with van der Waals surface area (Å²) in [6, 6.07) is 9.77. The van der Waals surface area contributed by atoms with Crippen LogP contribution in [0, 0.1) is 0 Å². The second-order valence-electron chi connectivity index (χ2n) is 6.05. The summed E-state index contributed by atoms with van der Waals surface area (Å²) in [6.45, 7) is 2.90. The number of ether oxygens (including phenoxy) is 1. The summed E-state index contributed by atoms with van der Waals surface area (Å²) in [7, 11) is 1.67. The molecule has 1 atom stereocenters. The maximum atomic E-state index is 11.0. The molecule has 0 unspecified atom stereocenters. The summed E-state index contributed by atoms with van der Waals surface area (Å²) in [5, 5.41) is 0. The number of carbonyl (C=O) groups excluding carboxylic acids is 1. The Kier molecular flexibility index (Phi) is 5.03. The number of piperidine rings is 1. The Morgan fingerprint density at radius 2 is 2.30 bits per heavy atom. The smallest absolute Gasteiger partial charge is 0.150 e. The van der Waals surface area contributed by atoms with Crippen molar-refractivity contribution in [3.05, 3.63) is 59.4 Å². The van der Waals surface area contributed by atoms with Crippen molar-refractivity contribution >= 4 is 6.29 Å². The lowest BCUT2D eigenvalue weighted by Gasteiger charge is -2.33. The van der Waals surface area contributed by atoms with Crippen LogP contribution in [0.25, 0.3) is 0 Å². The molecule has 23 heavy (non-hydrogen) atoms. The van der Waals surface area contributed by atoms with E-state index in [1.165, 1.54) is 18.4 Å². The first-order chi connectivity index (χ1) is 11.3. The molecular weight excluding hydrogens is 288 g/mol. The fraction of sp³-hybridized carbons (Fsp3) is 0.368. The van der Waals surface area contributed by atoms with E-state index in [1.807, 2.05) is 30.6 Å². The maximum absolute atomic E-state index is 11.0. The monoisotopic (exact) mass is 310 g/mol. The molecule has 0 radical (unpaired) electrons.